The molecule has 2 nitrogen and oxygen atoms in total. The van der Waals surface area contributed by atoms with Crippen molar-refractivity contribution in [3.05, 3.63) is 11.6 Å². The van der Waals surface area contributed by atoms with E-state index in [4.69, 9.17) is 0 Å². The molecule has 0 aromatic rings. The van der Waals surface area contributed by atoms with Gasteiger partial charge in [0.05, 0.1) is 5.41 Å². The molecule has 70 valence electrons. The minimum Gasteiger partial charge on any atom is -0.299 e. The Bertz CT molecular complexity index is 301. The van der Waals surface area contributed by atoms with Crippen LogP contribution in [-0.4, -0.2) is 11.6 Å². The lowest BCUT2D eigenvalue weighted by Gasteiger charge is -2.30. The number of Topliss-reactive ketones (excluding diaryl/α,β-unsaturated/α-hetero) is 1. The second kappa shape index (κ2) is 2.79. The Morgan fingerprint density at radius 3 is 2.77 bits per heavy atom. The van der Waals surface area contributed by atoms with Crippen molar-refractivity contribution in [1.29, 1.82) is 0 Å². The maximum atomic E-state index is 11.7. The van der Waals surface area contributed by atoms with Gasteiger partial charge in [-0.1, -0.05) is 12.5 Å². The number of fused-ring (bicyclic) bond motifs is 1. The zero-order valence-electron chi connectivity index (χ0n) is 7.93. The van der Waals surface area contributed by atoms with Gasteiger partial charge >= 0.3 is 0 Å². The summed E-state index contributed by atoms with van der Waals surface area (Å²) in [7, 11) is 0. The molecule has 0 spiro atoms. The topological polar surface area (TPSA) is 34.1 Å². The summed E-state index contributed by atoms with van der Waals surface area (Å²) in [5, 5.41) is 0. The van der Waals surface area contributed by atoms with Crippen molar-refractivity contribution in [2.24, 2.45) is 5.41 Å². The standard InChI is InChI=1S/C11H14O2/c1-2-11-6-5-9(12)7-8(11)3-4-10(11)13/h7H,2-6H2,1H3. The van der Waals surface area contributed by atoms with Crippen LogP contribution in [0.2, 0.25) is 0 Å². The van der Waals surface area contributed by atoms with Gasteiger partial charge in [-0.15, -0.1) is 0 Å². The molecule has 2 heteroatoms. The molecule has 0 aromatic carbocycles. The largest absolute Gasteiger partial charge is 0.299 e. The van der Waals surface area contributed by atoms with E-state index in [9.17, 15) is 9.59 Å². The highest BCUT2D eigenvalue weighted by molar-refractivity contribution is 5.99. The van der Waals surface area contributed by atoms with E-state index in [2.05, 4.69) is 0 Å². The number of hydrogen-bond acceptors (Lipinski definition) is 2. The number of rotatable bonds is 1. The Balaban J connectivity index is 2.44. The van der Waals surface area contributed by atoms with Gasteiger partial charge in [0.2, 0.25) is 0 Å². The molecule has 0 heterocycles. The van der Waals surface area contributed by atoms with Crippen molar-refractivity contribution in [2.45, 2.75) is 39.0 Å². The summed E-state index contributed by atoms with van der Waals surface area (Å²) >= 11 is 0. The van der Waals surface area contributed by atoms with Crippen molar-refractivity contribution in [2.75, 3.05) is 0 Å². The summed E-state index contributed by atoms with van der Waals surface area (Å²) in [6.07, 6.45) is 5.37. The van der Waals surface area contributed by atoms with Gasteiger partial charge in [-0.3, -0.25) is 9.59 Å². The van der Waals surface area contributed by atoms with Crippen LogP contribution in [0.15, 0.2) is 11.6 Å². The molecule has 0 aromatic heterocycles. The first-order valence-electron chi connectivity index (χ1n) is 4.96. The molecule has 0 aliphatic heterocycles. The zero-order valence-corrected chi connectivity index (χ0v) is 7.93. The molecule has 0 bridgehead atoms. The van der Waals surface area contributed by atoms with Gasteiger partial charge in [-0.05, 0) is 25.3 Å². The molecule has 2 aliphatic rings. The molecule has 13 heavy (non-hydrogen) atoms. The molecule has 1 fully saturated rings. The molecule has 1 unspecified atom stereocenters. The lowest BCUT2D eigenvalue weighted by Crippen LogP contribution is -2.30. The molecule has 0 radical (unpaired) electrons. The zero-order chi connectivity index (χ0) is 9.47. The van der Waals surface area contributed by atoms with Gasteiger partial charge in [0.25, 0.3) is 0 Å². The smallest absolute Gasteiger partial charge is 0.155 e. The van der Waals surface area contributed by atoms with Crippen LogP contribution >= 0.6 is 0 Å². The second-order valence-corrected chi connectivity index (χ2v) is 3.99. The Labute approximate surface area is 78.0 Å². The Kier molecular flexibility index (Phi) is 1.86. The first-order chi connectivity index (χ1) is 6.19. The van der Waals surface area contributed by atoms with Gasteiger partial charge in [-0.25, -0.2) is 0 Å². The van der Waals surface area contributed by atoms with Crippen LogP contribution in [0.25, 0.3) is 0 Å². The van der Waals surface area contributed by atoms with Gasteiger partial charge < -0.3 is 0 Å². The number of allylic oxidation sites excluding steroid dienone is 2. The third kappa shape index (κ3) is 1.08. The van der Waals surface area contributed by atoms with Crippen molar-refractivity contribution in [1.82, 2.24) is 0 Å². The summed E-state index contributed by atoms with van der Waals surface area (Å²) in [6.45, 7) is 2.05. The third-order valence-electron chi connectivity index (χ3n) is 3.51. The van der Waals surface area contributed by atoms with Crippen molar-refractivity contribution in [3.63, 3.8) is 0 Å². The highest BCUT2D eigenvalue weighted by Crippen LogP contribution is 2.48. The lowest BCUT2D eigenvalue weighted by atomic mass is 9.71. The first-order valence-corrected chi connectivity index (χ1v) is 4.96. The molecule has 1 atom stereocenters. The van der Waals surface area contributed by atoms with Crippen LogP contribution < -0.4 is 0 Å². The average molecular weight is 178 g/mol. The lowest BCUT2D eigenvalue weighted by molar-refractivity contribution is -0.126. The van der Waals surface area contributed by atoms with Crippen LogP contribution in [0.5, 0.6) is 0 Å². The molecule has 0 N–H and O–H groups in total. The summed E-state index contributed by atoms with van der Waals surface area (Å²) in [5.41, 5.74) is 0.879. The first kappa shape index (κ1) is 8.67. The molecule has 2 aliphatic carbocycles. The fraction of sp³-hybridized carbons (Fsp3) is 0.636. The van der Waals surface area contributed by atoms with E-state index in [-0.39, 0.29) is 11.2 Å². The molecule has 2 rings (SSSR count). The predicted octanol–water partition coefficient (Wildman–Crippen LogP) is 2.04. The maximum absolute atomic E-state index is 11.7. The van der Waals surface area contributed by atoms with E-state index in [1.165, 1.54) is 0 Å². The van der Waals surface area contributed by atoms with E-state index >= 15 is 0 Å². The predicted molar refractivity (Wildman–Crippen MR) is 49.3 cm³/mol. The van der Waals surface area contributed by atoms with Crippen LogP contribution in [-0.2, 0) is 9.59 Å². The van der Waals surface area contributed by atoms with Crippen molar-refractivity contribution in [3.8, 4) is 0 Å². The fourth-order valence-electron chi connectivity index (χ4n) is 2.62. The summed E-state index contributed by atoms with van der Waals surface area (Å²) in [5.74, 6) is 0.558. The van der Waals surface area contributed by atoms with Crippen LogP contribution in [0, 0.1) is 5.41 Å². The average Bonchev–Trinajstić information content (AvgIpc) is 2.44. The monoisotopic (exact) mass is 178 g/mol. The highest BCUT2D eigenvalue weighted by Gasteiger charge is 2.46. The minimum absolute atomic E-state index is 0.203. The molecule has 1 saturated carbocycles. The summed E-state index contributed by atoms with van der Waals surface area (Å²) in [6, 6.07) is 0. The van der Waals surface area contributed by atoms with Crippen LogP contribution in [0.3, 0.4) is 0 Å². The molecule has 0 amide bonds. The third-order valence-corrected chi connectivity index (χ3v) is 3.51. The fourth-order valence-corrected chi connectivity index (χ4v) is 2.62. The van der Waals surface area contributed by atoms with Gasteiger partial charge in [-0.2, -0.15) is 0 Å². The van der Waals surface area contributed by atoms with E-state index < -0.39 is 0 Å². The van der Waals surface area contributed by atoms with E-state index in [1.807, 2.05) is 6.92 Å². The quantitative estimate of drug-likeness (QED) is 0.615. The van der Waals surface area contributed by atoms with Crippen molar-refractivity contribution < 1.29 is 9.59 Å². The van der Waals surface area contributed by atoms with Crippen LogP contribution in [0.4, 0.5) is 0 Å². The number of ketones is 2. The molecular formula is C11H14O2. The number of hydrogen-bond donors (Lipinski definition) is 0. The van der Waals surface area contributed by atoms with Gasteiger partial charge in [0, 0.05) is 12.8 Å². The van der Waals surface area contributed by atoms with Crippen molar-refractivity contribution >= 4 is 11.6 Å². The summed E-state index contributed by atoms with van der Waals surface area (Å²) in [4.78, 5) is 22.9. The highest BCUT2D eigenvalue weighted by atomic mass is 16.1. The van der Waals surface area contributed by atoms with E-state index in [0.717, 1.165) is 24.8 Å². The molecular weight excluding hydrogens is 164 g/mol. The minimum atomic E-state index is -0.228. The number of carbonyl (C=O) groups excluding carboxylic acids is 2. The Morgan fingerprint density at radius 1 is 1.31 bits per heavy atom. The summed E-state index contributed by atoms with van der Waals surface area (Å²) < 4.78 is 0. The van der Waals surface area contributed by atoms with E-state index in [1.54, 1.807) is 6.08 Å². The Morgan fingerprint density at radius 2 is 2.08 bits per heavy atom. The van der Waals surface area contributed by atoms with Crippen LogP contribution in [0.1, 0.15) is 39.0 Å². The van der Waals surface area contributed by atoms with E-state index in [0.29, 0.717) is 18.6 Å². The van der Waals surface area contributed by atoms with Gasteiger partial charge in [0.1, 0.15) is 5.78 Å². The Hall–Kier alpha value is -0.920. The normalized spacial score (nSPS) is 33.2. The SMILES string of the molecule is CCC12CCC(=O)C=C1CCC2=O. The maximum Gasteiger partial charge on any atom is 0.155 e. The van der Waals surface area contributed by atoms with Gasteiger partial charge in [0.15, 0.2) is 5.78 Å². The number of carbonyl (C=O) groups is 2. The molecule has 0 saturated heterocycles. The second-order valence-electron chi connectivity index (χ2n) is 3.99.